The lowest BCUT2D eigenvalue weighted by atomic mass is 10.1. The number of carbonyl (C=O) groups is 1. The zero-order valence-corrected chi connectivity index (χ0v) is 13.2. The zero-order valence-electron chi connectivity index (χ0n) is 13.2. The fraction of sp³-hybridized carbons (Fsp3) is 0.389. The number of nitrogens with one attached hydrogen (secondary N) is 1. The fourth-order valence-corrected chi connectivity index (χ4v) is 1.94. The van der Waals surface area contributed by atoms with Crippen molar-refractivity contribution in [3.05, 3.63) is 59.4 Å². The van der Waals surface area contributed by atoms with Crippen molar-refractivity contribution in [3.63, 3.8) is 0 Å². The molecule has 0 atom stereocenters. The fourth-order valence-electron chi connectivity index (χ4n) is 1.94. The largest absolute Gasteiger partial charge is 0.402 e. The summed E-state index contributed by atoms with van der Waals surface area (Å²) in [6, 6.07) is 9.50. The van der Waals surface area contributed by atoms with Gasteiger partial charge in [-0.3, -0.25) is 4.79 Å². The van der Waals surface area contributed by atoms with E-state index in [9.17, 15) is 4.79 Å². The van der Waals surface area contributed by atoms with Crippen LogP contribution in [-0.4, -0.2) is 11.8 Å². The van der Waals surface area contributed by atoms with Crippen LogP contribution in [0.1, 0.15) is 50.4 Å². The summed E-state index contributed by atoms with van der Waals surface area (Å²) in [6.07, 6.45) is 6.51. The van der Waals surface area contributed by atoms with Crippen molar-refractivity contribution in [3.8, 4) is 0 Å². The lowest BCUT2D eigenvalue weighted by Crippen LogP contribution is -2.22. The van der Waals surface area contributed by atoms with Gasteiger partial charge < -0.3 is 11.1 Å². The van der Waals surface area contributed by atoms with Crippen LogP contribution in [0.5, 0.6) is 0 Å². The molecule has 0 aromatic heterocycles. The Morgan fingerprint density at radius 2 is 1.90 bits per heavy atom. The number of hydrogen-bond acceptors (Lipinski definition) is 3. The van der Waals surface area contributed by atoms with Crippen molar-refractivity contribution in [2.75, 3.05) is 0 Å². The van der Waals surface area contributed by atoms with Crippen molar-refractivity contribution >= 4 is 5.78 Å². The van der Waals surface area contributed by atoms with Crippen molar-refractivity contribution in [1.82, 2.24) is 5.32 Å². The predicted octanol–water partition coefficient (Wildman–Crippen LogP) is 3.78. The summed E-state index contributed by atoms with van der Waals surface area (Å²) in [5.41, 5.74) is 8.28. The molecule has 0 bridgehead atoms. The summed E-state index contributed by atoms with van der Waals surface area (Å²) < 4.78 is 0. The van der Waals surface area contributed by atoms with E-state index in [-0.39, 0.29) is 11.8 Å². The molecule has 0 aliphatic rings. The standard InChI is InChI=1S/C18H26N2O/c1-4-5-11-16(19)12-17(20-14(2)3)13-18(21)15-9-7-6-8-10-15/h6-10,12-14,20H,4-5,11,19H2,1-3H3/b16-12-,17-13+. The summed E-state index contributed by atoms with van der Waals surface area (Å²) in [5, 5.41) is 3.27. The quantitative estimate of drug-likeness (QED) is 0.434. The highest BCUT2D eigenvalue weighted by Gasteiger charge is 2.05. The SMILES string of the molecule is CCCC/C(N)=C/C(=C\C(=O)c1ccccc1)NC(C)C. The summed E-state index contributed by atoms with van der Waals surface area (Å²) >= 11 is 0. The first kappa shape index (κ1) is 17.0. The Morgan fingerprint density at radius 1 is 1.24 bits per heavy atom. The number of nitrogens with two attached hydrogens (primary N) is 1. The van der Waals surface area contributed by atoms with Crippen LogP contribution in [0, 0.1) is 0 Å². The minimum atomic E-state index is -0.0155. The maximum Gasteiger partial charge on any atom is 0.187 e. The van der Waals surface area contributed by atoms with E-state index in [2.05, 4.69) is 12.2 Å². The molecule has 3 nitrogen and oxygen atoms in total. The van der Waals surface area contributed by atoms with Gasteiger partial charge in [-0.05, 0) is 32.8 Å². The Kier molecular flexibility index (Phi) is 7.30. The second kappa shape index (κ2) is 9.01. The molecule has 1 aromatic rings. The smallest absolute Gasteiger partial charge is 0.187 e. The molecule has 0 aliphatic heterocycles. The molecule has 0 spiro atoms. The third kappa shape index (κ3) is 6.80. The molecule has 1 aromatic carbocycles. The number of carbonyl (C=O) groups excluding carboxylic acids is 1. The summed E-state index contributed by atoms with van der Waals surface area (Å²) in [5.74, 6) is -0.0155. The molecule has 0 unspecified atom stereocenters. The Morgan fingerprint density at radius 3 is 2.48 bits per heavy atom. The van der Waals surface area contributed by atoms with Gasteiger partial charge in [0, 0.05) is 29.1 Å². The van der Waals surface area contributed by atoms with E-state index in [0.29, 0.717) is 5.56 Å². The van der Waals surface area contributed by atoms with Crippen LogP contribution in [0.2, 0.25) is 0 Å². The third-order valence-electron chi connectivity index (χ3n) is 2.96. The van der Waals surface area contributed by atoms with Gasteiger partial charge in [0.2, 0.25) is 0 Å². The molecule has 3 heteroatoms. The number of allylic oxidation sites excluding steroid dienone is 3. The molecule has 3 N–H and O–H groups in total. The maximum absolute atomic E-state index is 12.2. The molecule has 0 aliphatic carbocycles. The van der Waals surface area contributed by atoms with Crippen LogP contribution in [-0.2, 0) is 0 Å². The first-order chi connectivity index (χ1) is 10.0. The lowest BCUT2D eigenvalue weighted by molar-refractivity contribution is 0.104. The van der Waals surface area contributed by atoms with E-state index < -0.39 is 0 Å². The summed E-state index contributed by atoms with van der Waals surface area (Å²) in [7, 11) is 0. The lowest BCUT2D eigenvalue weighted by Gasteiger charge is -2.12. The number of hydrogen-bond donors (Lipinski definition) is 2. The highest BCUT2D eigenvalue weighted by atomic mass is 16.1. The van der Waals surface area contributed by atoms with Gasteiger partial charge in [-0.2, -0.15) is 0 Å². The van der Waals surface area contributed by atoms with E-state index in [4.69, 9.17) is 5.73 Å². The van der Waals surface area contributed by atoms with Gasteiger partial charge in [0.25, 0.3) is 0 Å². The van der Waals surface area contributed by atoms with Crippen LogP contribution >= 0.6 is 0 Å². The van der Waals surface area contributed by atoms with Crippen LogP contribution in [0.4, 0.5) is 0 Å². The van der Waals surface area contributed by atoms with Crippen LogP contribution in [0.3, 0.4) is 0 Å². The summed E-state index contributed by atoms with van der Waals surface area (Å²) in [4.78, 5) is 12.2. The van der Waals surface area contributed by atoms with E-state index in [1.165, 1.54) is 0 Å². The number of unbranched alkanes of at least 4 members (excludes halogenated alkanes) is 1. The van der Waals surface area contributed by atoms with Crippen molar-refractivity contribution in [2.45, 2.75) is 46.1 Å². The predicted molar refractivity (Wildman–Crippen MR) is 88.9 cm³/mol. The molecular formula is C18H26N2O. The van der Waals surface area contributed by atoms with E-state index in [0.717, 1.165) is 30.7 Å². The summed E-state index contributed by atoms with van der Waals surface area (Å²) in [6.45, 7) is 6.21. The minimum absolute atomic E-state index is 0.0155. The van der Waals surface area contributed by atoms with Crippen LogP contribution in [0.25, 0.3) is 0 Å². The topological polar surface area (TPSA) is 55.1 Å². The number of rotatable bonds is 8. The molecule has 0 saturated heterocycles. The molecule has 0 fully saturated rings. The van der Waals surface area contributed by atoms with Gasteiger partial charge >= 0.3 is 0 Å². The molecule has 0 heterocycles. The Balaban J connectivity index is 2.91. The Bertz CT molecular complexity index is 501. The Hall–Kier alpha value is -2.03. The molecule has 0 saturated carbocycles. The van der Waals surface area contributed by atoms with Crippen LogP contribution in [0.15, 0.2) is 53.9 Å². The molecule has 0 radical (unpaired) electrons. The van der Waals surface area contributed by atoms with Gasteiger partial charge in [0.1, 0.15) is 0 Å². The van der Waals surface area contributed by atoms with Gasteiger partial charge in [-0.1, -0.05) is 43.7 Å². The normalized spacial score (nSPS) is 12.6. The molecule has 21 heavy (non-hydrogen) atoms. The maximum atomic E-state index is 12.2. The van der Waals surface area contributed by atoms with E-state index in [1.807, 2.05) is 50.3 Å². The first-order valence-electron chi connectivity index (χ1n) is 7.56. The average Bonchev–Trinajstić information content (AvgIpc) is 2.45. The molecule has 0 amide bonds. The molecule has 114 valence electrons. The van der Waals surface area contributed by atoms with E-state index >= 15 is 0 Å². The van der Waals surface area contributed by atoms with Gasteiger partial charge in [-0.15, -0.1) is 0 Å². The van der Waals surface area contributed by atoms with Crippen molar-refractivity contribution < 1.29 is 4.79 Å². The second-order valence-electron chi connectivity index (χ2n) is 5.45. The molecular weight excluding hydrogens is 260 g/mol. The van der Waals surface area contributed by atoms with Gasteiger partial charge in [-0.25, -0.2) is 0 Å². The number of ketones is 1. The van der Waals surface area contributed by atoms with E-state index in [1.54, 1.807) is 6.08 Å². The van der Waals surface area contributed by atoms with Crippen LogP contribution < -0.4 is 11.1 Å². The Labute approximate surface area is 127 Å². The zero-order chi connectivity index (χ0) is 15.7. The first-order valence-corrected chi connectivity index (χ1v) is 7.56. The highest BCUT2D eigenvalue weighted by molar-refractivity contribution is 6.05. The highest BCUT2D eigenvalue weighted by Crippen LogP contribution is 2.08. The monoisotopic (exact) mass is 286 g/mol. The van der Waals surface area contributed by atoms with Gasteiger partial charge in [0.15, 0.2) is 5.78 Å². The van der Waals surface area contributed by atoms with Gasteiger partial charge in [0.05, 0.1) is 0 Å². The minimum Gasteiger partial charge on any atom is -0.402 e. The molecule has 1 rings (SSSR count). The second-order valence-corrected chi connectivity index (χ2v) is 5.45. The van der Waals surface area contributed by atoms with Crippen molar-refractivity contribution in [2.24, 2.45) is 5.73 Å². The average molecular weight is 286 g/mol. The number of benzene rings is 1. The third-order valence-corrected chi connectivity index (χ3v) is 2.96. The van der Waals surface area contributed by atoms with Crippen molar-refractivity contribution in [1.29, 1.82) is 0 Å².